The summed E-state index contributed by atoms with van der Waals surface area (Å²) in [4.78, 5) is 37.7. The summed E-state index contributed by atoms with van der Waals surface area (Å²) in [5.41, 5.74) is 0.689. The molecule has 1 N–H and O–H groups in total. The van der Waals surface area contributed by atoms with Crippen molar-refractivity contribution in [1.82, 2.24) is 19.4 Å². The third-order valence-corrected chi connectivity index (χ3v) is 11.4. The van der Waals surface area contributed by atoms with Crippen LogP contribution in [0.3, 0.4) is 0 Å². The number of carboxylic acid groups (broad SMARTS) is 1. The Kier molecular flexibility index (Phi) is 6.69. The number of anilines is 1. The van der Waals surface area contributed by atoms with Gasteiger partial charge >= 0.3 is 5.97 Å². The second-order valence-electron chi connectivity index (χ2n) is 13.9. The molecule has 4 heterocycles. The maximum absolute atomic E-state index is 14.2. The van der Waals surface area contributed by atoms with Gasteiger partial charge in [0, 0.05) is 24.2 Å². The Hall–Kier alpha value is -2.45. The zero-order valence-corrected chi connectivity index (χ0v) is 24.2. The lowest BCUT2D eigenvalue weighted by atomic mass is 9.73. The van der Waals surface area contributed by atoms with Crippen LogP contribution in [-0.4, -0.2) is 81.3 Å². The van der Waals surface area contributed by atoms with E-state index in [1.54, 1.807) is 19.0 Å². The molecule has 0 amide bonds. The number of carboxylic acids is 1. The first-order valence-corrected chi connectivity index (χ1v) is 15.8. The van der Waals surface area contributed by atoms with E-state index in [0.29, 0.717) is 17.9 Å². The maximum atomic E-state index is 14.2. The van der Waals surface area contributed by atoms with Crippen molar-refractivity contribution in [3.05, 3.63) is 34.6 Å². The van der Waals surface area contributed by atoms with E-state index < -0.39 is 11.5 Å². The van der Waals surface area contributed by atoms with Crippen LogP contribution in [0.2, 0.25) is 0 Å². The molecule has 2 saturated carbocycles. The molecule has 5 fully saturated rings. The fourth-order valence-corrected chi connectivity index (χ4v) is 9.36. The molecule has 4 bridgehead atoms. The van der Waals surface area contributed by atoms with Crippen molar-refractivity contribution in [3.63, 3.8) is 0 Å². The molecule has 1 aromatic carbocycles. The van der Waals surface area contributed by atoms with Gasteiger partial charge in [-0.05, 0) is 83.0 Å². The Labute approximate surface area is 237 Å². The van der Waals surface area contributed by atoms with Gasteiger partial charge in [-0.15, -0.1) is 0 Å². The van der Waals surface area contributed by atoms with Crippen molar-refractivity contribution >= 4 is 22.8 Å². The van der Waals surface area contributed by atoms with E-state index >= 15 is 0 Å². The van der Waals surface area contributed by atoms with Crippen molar-refractivity contribution in [1.29, 1.82) is 0 Å². The first kappa shape index (κ1) is 26.4. The Morgan fingerprint density at radius 1 is 0.875 bits per heavy atom. The van der Waals surface area contributed by atoms with Crippen LogP contribution in [0.25, 0.3) is 11.0 Å². The summed E-state index contributed by atoms with van der Waals surface area (Å²) in [6.45, 7) is 0.535. The molecule has 3 saturated heterocycles. The summed E-state index contributed by atoms with van der Waals surface area (Å²) in [6, 6.07) is 9.97. The monoisotopic (exact) mass is 547 g/mol. The number of aromatic nitrogens is 2. The van der Waals surface area contributed by atoms with E-state index in [-0.39, 0.29) is 24.7 Å². The number of carbonyl (C=O) groups is 1. The zero-order chi connectivity index (χ0) is 27.6. The number of hydrogen-bond donors (Lipinski definition) is 1. The summed E-state index contributed by atoms with van der Waals surface area (Å²) in [7, 11) is 3.59. The third-order valence-electron chi connectivity index (χ3n) is 11.4. The maximum Gasteiger partial charge on any atom is 0.327 e. The van der Waals surface area contributed by atoms with Crippen LogP contribution in [0, 0.1) is 11.8 Å². The molecule has 2 aromatic rings. The summed E-state index contributed by atoms with van der Waals surface area (Å²) in [6.07, 6.45) is 15.7. The molecule has 8 heteroatoms. The van der Waals surface area contributed by atoms with Gasteiger partial charge in [-0.3, -0.25) is 19.4 Å². The van der Waals surface area contributed by atoms with E-state index in [0.717, 1.165) is 41.8 Å². The van der Waals surface area contributed by atoms with Gasteiger partial charge in [0.25, 0.3) is 5.56 Å². The van der Waals surface area contributed by atoms with Crippen molar-refractivity contribution in [3.8, 4) is 0 Å². The number of aliphatic carboxylic acids is 1. The molecule has 5 atom stereocenters. The highest BCUT2D eigenvalue weighted by Gasteiger charge is 2.53. The fraction of sp³-hybridized carbons (Fsp3) is 0.719. The minimum absolute atomic E-state index is 0.0587. The molecule has 2 aliphatic carbocycles. The van der Waals surface area contributed by atoms with Gasteiger partial charge in [-0.2, -0.15) is 0 Å². The average Bonchev–Trinajstić information content (AvgIpc) is 3.06. The van der Waals surface area contributed by atoms with Crippen LogP contribution in [0.1, 0.15) is 83.1 Å². The van der Waals surface area contributed by atoms with E-state index in [2.05, 4.69) is 9.47 Å². The van der Waals surface area contributed by atoms with Gasteiger partial charge < -0.3 is 14.6 Å². The first-order valence-electron chi connectivity index (χ1n) is 15.8. The molecule has 1 aromatic heterocycles. The predicted octanol–water partition coefficient (Wildman–Crippen LogP) is 4.52. The Balaban J connectivity index is 1.20. The SMILES string of the molecule is CN(C)C1(C(=O)O)CN(c2nc3ccccc3n(C3C[C@H]4CCC[C@H](C3)N4C3CC4CCCC[C@@H](C4)C3)c2=O)C1. The quantitative estimate of drug-likeness (QED) is 0.590. The predicted molar refractivity (Wildman–Crippen MR) is 157 cm³/mol. The van der Waals surface area contributed by atoms with E-state index in [1.807, 2.05) is 29.2 Å². The molecule has 7 rings (SSSR count). The van der Waals surface area contributed by atoms with Crippen molar-refractivity contribution in [2.75, 3.05) is 32.1 Å². The second-order valence-corrected chi connectivity index (χ2v) is 13.9. The average molecular weight is 548 g/mol. The minimum atomic E-state index is -0.982. The summed E-state index contributed by atoms with van der Waals surface area (Å²) >= 11 is 0. The summed E-state index contributed by atoms with van der Waals surface area (Å²) in [5.74, 6) is 1.38. The number of rotatable bonds is 5. The fourth-order valence-electron chi connectivity index (χ4n) is 9.36. The number of benzene rings is 1. The highest BCUT2D eigenvalue weighted by molar-refractivity contribution is 5.84. The van der Waals surface area contributed by atoms with Gasteiger partial charge in [-0.25, -0.2) is 4.98 Å². The Bertz CT molecular complexity index is 1310. The van der Waals surface area contributed by atoms with Gasteiger partial charge in [0.2, 0.25) is 0 Å². The molecule has 5 aliphatic rings. The molecule has 216 valence electrons. The number of nitrogens with zero attached hydrogens (tertiary/aromatic N) is 5. The standard InChI is InChI=1S/C32H45N5O3/c1-34(2)32(31(39)40)19-35(20-32)29-30(38)37(28-13-6-5-12-27(28)33-29)26-17-23-10-7-11-24(18-26)36(23)25-15-21-8-3-4-9-22(14-21)16-25/h5-6,12-13,21-26H,3-4,7-11,14-20H2,1-2H3,(H,39,40)/t21-,22?,23+,24+,25?/m0/s1. The van der Waals surface area contributed by atoms with Crippen LogP contribution < -0.4 is 10.5 Å². The Morgan fingerprint density at radius 2 is 1.52 bits per heavy atom. The number of fused-ring (bicyclic) bond motifs is 5. The normalized spacial score (nSPS) is 33.9. The molecule has 2 unspecified atom stereocenters. The number of likely N-dealkylation sites (N-methyl/N-ethyl adjacent to an activating group) is 1. The summed E-state index contributed by atoms with van der Waals surface area (Å²) < 4.78 is 2.05. The highest BCUT2D eigenvalue weighted by Crippen LogP contribution is 2.47. The van der Waals surface area contributed by atoms with Crippen molar-refractivity contribution in [2.45, 2.75) is 107 Å². The molecule has 0 radical (unpaired) electrons. The van der Waals surface area contributed by atoms with Crippen LogP contribution in [-0.2, 0) is 4.79 Å². The molecule has 0 spiro atoms. The molecule has 3 aliphatic heterocycles. The largest absolute Gasteiger partial charge is 0.480 e. The van der Waals surface area contributed by atoms with Gasteiger partial charge in [0.1, 0.15) is 0 Å². The third kappa shape index (κ3) is 4.28. The number of hydrogen-bond acceptors (Lipinski definition) is 6. The van der Waals surface area contributed by atoms with Gasteiger partial charge in [0.15, 0.2) is 11.4 Å². The highest BCUT2D eigenvalue weighted by atomic mass is 16.4. The lowest BCUT2D eigenvalue weighted by Gasteiger charge is -2.55. The molecular weight excluding hydrogens is 502 g/mol. The van der Waals surface area contributed by atoms with Crippen LogP contribution in [0.15, 0.2) is 29.1 Å². The topological polar surface area (TPSA) is 81.9 Å². The van der Waals surface area contributed by atoms with E-state index in [1.165, 1.54) is 64.2 Å². The smallest absolute Gasteiger partial charge is 0.327 e. The second kappa shape index (κ2) is 10.1. The lowest BCUT2D eigenvalue weighted by Crippen LogP contribution is -2.73. The van der Waals surface area contributed by atoms with Crippen LogP contribution in [0.4, 0.5) is 5.82 Å². The van der Waals surface area contributed by atoms with Crippen LogP contribution in [0.5, 0.6) is 0 Å². The van der Waals surface area contributed by atoms with Crippen molar-refractivity contribution in [2.24, 2.45) is 11.8 Å². The summed E-state index contributed by atoms with van der Waals surface area (Å²) in [5, 5.41) is 9.93. The zero-order valence-electron chi connectivity index (χ0n) is 24.2. The number of piperidine rings is 2. The lowest BCUT2D eigenvalue weighted by molar-refractivity contribution is -0.151. The van der Waals surface area contributed by atoms with Crippen LogP contribution >= 0.6 is 0 Å². The minimum Gasteiger partial charge on any atom is -0.480 e. The van der Waals surface area contributed by atoms with E-state index in [9.17, 15) is 14.7 Å². The first-order chi connectivity index (χ1) is 19.3. The van der Waals surface area contributed by atoms with E-state index in [4.69, 9.17) is 4.98 Å². The number of para-hydroxylation sites is 2. The molecular formula is C32H45N5O3. The molecule has 40 heavy (non-hydrogen) atoms. The Morgan fingerprint density at radius 3 is 2.15 bits per heavy atom. The van der Waals surface area contributed by atoms with Gasteiger partial charge in [0.05, 0.1) is 24.1 Å². The van der Waals surface area contributed by atoms with Crippen molar-refractivity contribution < 1.29 is 9.90 Å². The molecule has 8 nitrogen and oxygen atoms in total. The van der Waals surface area contributed by atoms with Gasteiger partial charge in [-0.1, -0.05) is 44.2 Å².